The van der Waals surface area contributed by atoms with Gasteiger partial charge in [-0.25, -0.2) is 14.2 Å². The quantitative estimate of drug-likeness (QED) is 0.574. The van der Waals surface area contributed by atoms with Gasteiger partial charge < -0.3 is 10.1 Å². The third kappa shape index (κ3) is 5.18. The smallest absolute Gasteiger partial charge is 0.395 e. The third-order valence-corrected chi connectivity index (χ3v) is 3.70. The first-order chi connectivity index (χ1) is 12.3. The number of rotatable bonds is 7. The lowest BCUT2D eigenvalue weighted by atomic mass is 9.95. The molecule has 0 radical (unpaired) electrons. The van der Waals surface area contributed by atoms with Crippen molar-refractivity contribution in [3.63, 3.8) is 0 Å². The Morgan fingerprint density at radius 3 is 2.54 bits per heavy atom. The minimum Gasteiger partial charge on any atom is -0.462 e. The van der Waals surface area contributed by atoms with Crippen molar-refractivity contribution in [2.75, 3.05) is 18.5 Å². The summed E-state index contributed by atoms with van der Waals surface area (Å²) in [4.78, 5) is 15.8. The number of esters is 1. The van der Waals surface area contributed by atoms with Crippen LogP contribution < -0.4 is 5.32 Å². The van der Waals surface area contributed by atoms with Crippen molar-refractivity contribution < 1.29 is 27.1 Å². The van der Waals surface area contributed by atoms with Crippen LogP contribution in [0.4, 0.5) is 23.4 Å². The average Bonchev–Trinajstić information content (AvgIpc) is 2.59. The maximum absolute atomic E-state index is 13.3. The molecule has 0 aliphatic carbocycles. The number of alkyl halides is 3. The second-order valence-corrected chi connectivity index (χ2v) is 5.48. The van der Waals surface area contributed by atoms with Gasteiger partial charge in [-0.1, -0.05) is 12.1 Å². The van der Waals surface area contributed by atoms with Crippen LogP contribution >= 0.6 is 0 Å². The van der Waals surface area contributed by atoms with E-state index in [1.807, 2.05) is 0 Å². The molecule has 0 saturated carbocycles. The zero-order chi connectivity index (χ0) is 19.2. The first-order valence-electron chi connectivity index (χ1n) is 8.01. The van der Waals surface area contributed by atoms with Crippen LogP contribution in [-0.2, 0) is 4.74 Å². The summed E-state index contributed by atoms with van der Waals surface area (Å²) in [6, 6.07) is 7.26. The summed E-state index contributed by atoms with van der Waals surface area (Å²) in [6.07, 6.45) is -3.35. The number of nitrogens with zero attached hydrogens (tertiary/aromatic N) is 1. The van der Waals surface area contributed by atoms with Gasteiger partial charge in [-0.15, -0.1) is 0 Å². The van der Waals surface area contributed by atoms with Gasteiger partial charge in [-0.3, -0.25) is 0 Å². The molecule has 1 aromatic carbocycles. The highest BCUT2D eigenvalue weighted by atomic mass is 19.4. The minimum atomic E-state index is -4.48. The molecule has 26 heavy (non-hydrogen) atoms. The number of benzene rings is 1. The highest BCUT2D eigenvalue weighted by Gasteiger charge is 2.40. The van der Waals surface area contributed by atoms with E-state index < -0.39 is 23.9 Å². The van der Waals surface area contributed by atoms with Crippen LogP contribution in [0.5, 0.6) is 0 Å². The number of aromatic nitrogens is 1. The molecule has 0 fully saturated rings. The van der Waals surface area contributed by atoms with Crippen LogP contribution in [0, 0.1) is 5.82 Å². The summed E-state index contributed by atoms with van der Waals surface area (Å²) in [5.74, 6) is -2.80. The fraction of sp³-hybridized carbons (Fsp3) is 0.333. The predicted octanol–water partition coefficient (Wildman–Crippen LogP) is 4.55. The van der Waals surface area contributed by atoms with Crippen molar-refractivity contribution in [2.24, 2.45) is 0 Å². The molecule has 0 unspecified atom stereocenters. The number of hydrogen-bond donors (Lipinski definition) is 1. The predicted molar refractivity (Wildman–Crippen MR) is 88.5 cm³/mol. The van der Waals surface area contributed by atoms with Crippen LogP contribution in [0.15, 0.2) is 42.6 Å². The molecule has 2 aromatic rings. The number of nitrogens with one attached hydrogen (secondary N) is 1. The van der Waals surface area contributed by atoms with Gasteiger partial charge in [-0.05, 0) is 43.2 Å². The van der Waals surface area contributed by atoms with Gasteiger partial charge >= 0.3 is 12.1 Å². The Bertz CT molecular complexity index is 733. The molecule has 0 aliphatic heterocycles. The van der Waals surface area contributed by atoms with E-state index in [2.05, 4.69) is 10.3 Å². The summed E-state index contributed by atoms with van der Waals surface area (Å²) in [7, 11) is 0. The van der Waals surface area contributed by atoms with Crippen molar-refractivity contribution in [2.45, 2.75) is 25.4 Å². The van der Waals surface area contributed by atoms with Crippen LogP contribution in [0.1, 0.15) is 35.2 Å². The van der Waals surface area contributed by atoms with Gasteiger partial charge in [0.2, 0.25) is 0 Å². The van der Waals surface area contributed by atoms with Crippen molar-refractivity contribution >= 4 is 11.8 Å². The first kappa shape index (κ1) is 19.7. The number of ether oxygens (including phenoxy) is 1. The summed E-state index contributed by atoms with van der Waals surface area (Å²) in [5, 5.41) is 2.75. The Labute approximate surface area is 148 Å². The Balaban J connectivity index is 2.09. The molecule has 2 rings (SSSR count). The summed E-state index contributed by atoms with van der Waals surface area (Å²) >= 11 is 0. The standard InChI is InChI=1S/C18H18F4N2O2/c1-2-26-17(25)14-4-3-10-23-16(14)24-11-9-15(18(20,21)22)12-5-7-13(19)8-6-12/h3-8,10,15H,2,9,11H2,1H3,(H,23,24)/t15-/m0/s1. The maximum atomic E-state index is 13.3. The molecule has 1 atom stereocenters. The van der Waals surface area contributed by atoms with Crippen LogP contribution in [0.3, 0.4) is 0 Å². The lowest BCUT2D eigenvalue weighted by Gasteiger charge is -2.21. The molecular formula is C18H18F4N2O2. The van der Waals surface area contributed by atoms with Crippen LogP contribution in [0.25, 0.3) is 0 Å². The molecule has 0 saturated heterocycles. The second-order valence-electron chi connectivity index (χ2n) is 5.48. The SMILES string of the molecule is CCOC(=O)c1cccnc1NCC[C@@H](c1ccc(F)cc1)C(F)(F)F. The van der Waals surface area contributed by atoms with E-state index in [-0.39, 0.29) is 36.5 Å². The maximum Gasteiger partial charge on any atom is 0.395 e. The number of pyridine rings is 1. The summed E-state index contributed by atoms with van der Waals surface area (Å²) in [5.41, 5.74) is 0.132. The Kier molecular flexibility index (Phi) is 6.54. The molecule has 1 heterocycles. The number of hydrogen-bond acceptors (Lipinski definition) is 4. The van der Waals surface area contributed by atoms with Crippen molar-refractivity contribution in [3.05, 3.63) is 59.5 Å². The summed E-state index contributed by atoms with van der Waals surface area (Å²) < 4.78 is 57.8. The van der Waals surface area contributed by atoms with E-state index in [0.29, 0.717) is 0 Å². The third-order valence-electron chi connectivity index (χ3n) is 3.70. The molecule has 0 aliphatic rings. The zero-order valence-corrected chi connectivity index (χ0v) is 14.0. The molecule has 4 nitrogen and oxygen atoms in total. The molecule has 0 spiro atoms. The van der Waals surface area contributed by atoms with Crippen molar-refractivity contribution in [1.29, 1.82) is 0 Å². The molecule has 140 valence electrons. The van der Waals surface area contributed by atoms with Gasteiger partial charge in [0.05, 0.1) is 12.5 Å². The topological polar surface area (TPSA) is 51.2 Å². The number of carbonyl (C=O) groups excluding carboxylic acids is 1. The normalized spacial score (nSPS) is 12.5. The molecular weight excluding hydrogens is 352 g/mol. The van der Waals surface area contributed by atoms with E-state index in [9.17, 15) is 22.4 Å². The van der Waals surface area contributed by atoms with Gasteiger partial charge in [0.15, 0.2) is 0 Å². The van der Waals surface area contributed by atoms with Gasteiger partial charge in [0.1, 0.15) is 17.2 Å². The highest BCUT2D eigenvalue weighted by molar-refractivity contribution is 5.94. The average molecular weight is 370 g/mol. The van der Waals surface area contributed by atoms with Crippen LogP contribution in [-0.4, -0.2) is 30.3 Å². The zero-order valence-electron chi connectivity index (χ0n) is 14.0. The molecule has 1 aromatic heterocycles. The monoisotopic (exact) mass is 370 g/mol. The summed E-state index contributed by atoms with van der Waals surface area (Å²) in [6.45, 7) is 1.75. The van der Waals surface area contributed by atoms with Crippen molar-refractivity contribution in [3.8, 4) is 0 Å². The fourth-order valence-corrected chi connectivity index (χ4v) is 2.47. The van der Waals surface area contributed by atoms with E-state index in [4.69, 9.17) is 4.74 Å². The largest absolute Gasteiger partial charge is 0.462 e. The molecule has 0 bridgehead atoms. The number of halogens is 4. The Morgan fingerprint density at radius 1 is 1.23 bits per heavy atom. The molecule has 1 N–H and O–H groups in total. The van der Waals surface area contributed by atoms with E-state index >= 15 is 0 Å². The van der Waals surface area contributed by atoms with E-state index in [1.165, 1.54) is 18.3 Å². The van der Waals surface area contributed by atoms with Crippen molar-refractivity contribution in [1.82, 2.24) is 4.98 Å². The highest BCUT2D eigenvalue weighted by Crippen LogP contribution is 2.37. The van der Waals surface area contributed by atoms with Gasteiger partial charge in [0, 0.05) is 12.7 Å². The second kappa shape index (κ2) is 8.64. The van der Waals surface area contributed by atoms with Gasteiger partial charge in [-0.2, -0.15) is 13.2 Å². The van der Waals surface area contributed by atoms with E-state index in [1.54, 1.807) is 6.92 Å². The van der Waals surface area contributed by atoms with E-state index in [0.717, 1.165) is 24.3 Å². The Morgan fingerprint density at radius 2 is 1.92 bits per heavy atom. The number of anilines is 1. The first-order valence-corrected chi connectivity index (χ1v) is 8.01. The number of carbonyl (C=O) groups is 1. The van der Waals surface area contributed by atoms with Crippen LogP contribution in [0.2, 0.25) is 0 Å². The lowest BCUT2D eigenvalue weighted by molar-refractivity contribution is -0.151. The minimum absolute atomic E-state index is 0.0210. The Hall–Kier alpha value is -2.64. The lowest BCUT2D eigenvalue weighted by Crippen LogP contribution is -2.24. The molecule has 0 amide bonds. The fourth-order valence-electron chi connectivity index (χ4n) is 2.47. The molecule has 8 heteroatoms. The van der Waals surface area contributed by atoms with Gasteiger partial charge in [0.25, 0.3) is 0 Å².